The molecule has 0 amide bonds. The summed E-state index contributed by atoms with van der Waals surface area (Å²) in [5.74, 6) is 0.623. The minimum absolute atomic E-state index is 0.0418. The summed E-state index contributed by atoms with van der Waals surface area (Å²) in [4.78, 5) is 21.8. The Morgan fingerprint density at radius 1 is 1.14 bits per heavy atom. The molecule has 0 unspecified atom stereocenters. The summed E-state index contributed by atoms with van der Waals surface area (Å²) in [5, 5.41) is 0.994. The normalized spacial score (nSPS) is 13.9. The average Bonchev–Trinajstić information content (AvgIpc) is 3.47. The monoisotopic (exact) mass is 388 g/mol. The molecule has 3 heterocycles. The van der Waals surface area contributed by atoms with E-state index in [1.807, 2.05) is 31.3 Å². The van der Waals surface area contributed by atoms with Gasteiger partial charge in [-0.2, -0.15) is 0 Å². The number of rotatable bonds is 5. The van der Waals surface area contributed by atoms with Gasteiger partial charge >= 0.3 is 0 Å². The van der Waals surface area contributed by atoms with E-state index in [-0.39, 0.29) is 5.56 Å². The first-order valence-corrected chi connectivity index (χ1v) is 10.4. The lowest BCUT2D eigenvalue weighted by Crippen LogP contribution is -2.15. The summed E-state index contributed by atoms with van der Waals surface area (Å²) >= 11 is 1.65. The third kappa shape index (κ3) is 3.14. The van der Waals surface area contributed by atoms with E-state index < -0.39 is 0 Å². The van der Waals surface area contributed by atoms with E-state index in [1.54, 1.807) is 28.4 Å². The van der Waals surface area contributed by atoms with Crippen LogP contribution in [0.2, 0.25) is 0 Å². The lowest BCUT2D eigenvalue weighted by Gasteiger charge is -2.11. The molecule has 6 heteroatoms. The van der Waals surface area contributed by atoms with Gasteiger partial charge in [0.1, 0.15) is 5.65 Å². The van der Waals surface area contributed by atoms with Crippen LogP contribution in [-0.2, 0) is 5.75 Å². The number of imidazole rings is 1. The Balaban J connectivity index is 1.46. The van der Waals surface area contributed by atoms with Crippen molar-refractivity contribution in [3.05, 3.63) is 82.5 Å². The molecular formula is C22H20N4OS. The predicted molar refractivity (Wildman–Crippen MR) is 112 cm³/mol. The Kier molecular flexibility index (Phi) is 4.28. The molecule has 4 aromatic rings. The molecular weight excluding hydrogens is 368 g/mol. The number of fused-ring (bicyclic) bond motifs is 1. The zero-order valence-corrected chi connectivity index (χ0v) is 16.4. The largest absolute Gasteiger partial charge is 0.316 e. The summed E-state index contributed by atoms with van der Waals surface area (Å²) in [6, 6.07) is 16.4. The number of hydrogen-bond donors (Lipinski definition) is 0. The highest BCUT2D eigenvalue weighted by atomic mass is 32.2. The minimum Gasteiger partial charge on any atom is -0.316 e. The molecule has 1 aromatic carbocycles. The number of hydrogen-bond acceptors (Lipinski definition) is 4. The third-order valence-electron chi connectivity index (χ3n) is 5.03. The van der Waals surface area contributed by atoms with Crippen molar-refractivity contribution in [2.45, 2.75) is 36.7 Å². The second-order valence-corrected chi connectivity index (χ2v) is 8.09. The zero-order chi connectivity index (χ0) is 19.1. The average molecular weight is 388 g/mol. The first kappa shape index (κ1) is 17.3. The number of nitrogens with zero attached hydrogens (tertiary/aromatic N) is 4. The molecule has 0 bridgehead atoms. The molecule has 3 aromatic heterocycles. The summed E-state index contributed by atoms with van der Waals surface area (Å²) in [5.41, 5.74) is 4.81. The third-order valence-corrected chi connectivity index (χ3v) is 6.03. The maximum absolute atomic E-state index is 12.4. The fourth-order valence-corrected chi connectivity index (χ4v) is 4.42. The Morgan fingerprint density at radius 2 is 1.96 bits per heavy atom. The first-order chi connectivity index (χ1) is 13.7. The van der Waals surface area contributed by atoms with E-state index in [9.17, 15) is 4.79 Å². The van der Waals surface area contributed by atoms with Gasteiger partial charge in [0.05, 0.1) is 17.6 Å². The number of aromatic nitrogens is 4. The zero-order valence-electron chi connectivity index (χ0n) is 15.6. The fraction of sp³-hybridized carbons (Fsp3) is 0.227. The van der Waals surface area contributed by atoms with E-state index in [1.165, 1.54) is 18.4 Å². The predicted octanol–water partition coefficient (Wildman–Crippen LogP) is 4.49. The van der Waals surface area contributed by atoms with Crippen LogP contribution in [0, 0.1) is 6.92 Å². The van der Waals surface area contributed by atoms with Crippen LogP contribution < -0.4 is 5.56 Å². The molecule has 1 fully saturated rings. The molecule has 0 N–H and O–H groups in total. The fourth-order valence-electron chi connectivity index (χ4n) is 3.48. The van der Waals surface area contributed by atoms with Gasteiger partial charge in [-0.1, -0.05) is 48.2 Å². The van der Waals surface area contributed by atoms with Crippen LogP contribution in [0.15, 0.2) is 70.9 Å². The Labute approximate surface area is 167 Å². The number of aryl methyl sites for hydroxylation is 1. The van der Waals surface area contributed by atoms with Crippen LogP contribution in [0.25, 0.3) is 16.9 Å². The highest BCUT2D eigenvalue weighted by Gasteiger charge is 2.29. The standard InChI is InChI=1S/C22H20N4OS/c1-15-6-5-11-25-20(27)12-17(24-21(15)25)14-28-22-23-13-19(26(22)18-9-10-18)16-7-3-2-4-8-16/h2-8,11-13,18H,9-10,14H2,1H3. The molecule has 28 heavy (non-hydrogen) atoms. The quantitative estimate of drug-likeness (QED) is 0.473. The van der Waals surface area contributed by atoms with Crippen molar-refractivity contribution < 1.29 is 0 Å². The van der Waals surface area contributed by atoms with Crippen molar-refractivity contribution in [3.8, 4) is 11.3 Å². The van der Waals surface area contributed by atoms with Crippen LogP contribution in [0.1, 0.15) is 30.1 Å². The molecule has 0 saturated heterocycles. The second kappa shape index (κ2) is 6.95. The molecule has 0 radical (unpaired) electrons. The topological polar surface area (TPSA) is 52.2 Å². The first-order valence-electron chi connectivity index (χ1n) is 9.44. The number of pyridine rings is 1. The molecule has 0 aliphatic heterocycles. The Bertz CT molecular complexity index is 1210. The van der Waals surface area contributed by atoms with Gasteiger partial charge in [0.25, 0.3) is 5.56 Å². The van der Waals surface area contributed by atoms with Gasteiger partial charge in [-0.25, -0.2) is 9.97 Å². The SMILES string of the molecule is Cc1cccn2c(=O)cc(CSc3ncc(-c4ccccc4)n3C3CC3)nc12. The van der Waals surface area contributed by atoms with Crippen LogP contribution in [-0.4, -0.2) is 18.9 Å². The van der Waals surface area contributed by atoms with Crippen LogP contribution in [0.4, 0.5) is 0 Å². The van der Waals surface area contributed by atoms with E-state index in [0.717, 1.165) is 27.8 Å². The Morgan fingerprint density at radius 3 is 2.75 bits per heavy atom. The summed E-state index contributed by atoms with van der Waals surface area (Å²) in [7, 11) is 0. The number of benzene rings is 1. The van der Waals surface area contributed by atoms with E-state index in [0.29, 0.717) is 11.8 Å². The molecule has 1 aliphatic rings. The van der Waals surface area contributed by atoms with E-state index in [2.05, 4.69) is 33.8 Å². The van der Waals surface area contributed by atoms with Crippen molar-refractivity contribution in [1.82, 2.24) is 18.9 Å². The van der Waals surface area contributed by atoms with Gasteiger partial charge < -0.3 is 4.57 Å². The molecule has 5 rings (SSSR count). The van der Waals surface area contributed by atoms with Crippen molar-refractivity contribution in [3.63, 3.8) is 0 Å². The van der Waals surface area contributed by atoms with Gasteiger partial charge in [-0.3, -0.25) is 9.20 Å². The molecule has 0 atom stereocenters. The van der Waals surface area contributed by atoms with Gasteiger partial charge in [0, 0.05) is 24.1 Å². The van der Waals surface area contributed by atoms with E-state index in [4.69, 9.17) is 4.98 Å². The van der Waals surface area contributed by atoms with Gasteiger partial charge in [0.2, 0.25) is 0 Å². The summed E-state index contributed by atoms with van der Waals surface area (Å²) < 4.78 is 3.95. The number of thioether (sulfide) groups is 1. The van der Waals surface area contributed by atoms with Gasteiger partial charge in [-0.15, -0.1) is 0 Å². The maximum atomic E-state index is 12.4. The molecule has 1 aliphatic carbocycles. The van der Waals surface area contributed by atoms with Gasteiger partial charge in [0.15, 0.2) is 5.16 Å². The molecule has 0 spiro atoms. The maximum Gasteiger partial charge on any atom is 0.258 e. The van der Waals surface area contributed by atoms with Crippen molar-refractivity contribution >= 4 is 17.4 Å². The molecule has 5 nitrogen and oxygen atoms in total. The van der Waals surface area contributed by atoms with Crippen LogP contribution in [0.3, 0.4) is 0 Å². The van der Waals surface area contributed by atoms with Crippen LogP contribution >= 0.6 is 11.8 Å². The molecule has 1 saturated carbocycles. The van der Waals surface area contributed by atoms with Crippen molar-refractivity contribution in [2.24, 2.45) is 0 Å². The minimum atomic E-state index is -0.0418. The molecule has 140 valence electrons. The van der Waals surface area contributed by atoms with E-state index >= 15 is 0 Å². The highest BCUT2D eigenvalue weighted by molar-refractivity contribution is 7.98. The lowest BCUT2D eigenvalue weighted by atomic mass is 10.2. The summed E-state index contributed by atoms with van der Waals surface area (Å²) in [6.45, 7) is 1.98. The van der Waals surface area contributed by atoms with Crippen molar-refractivity contribution in [1.29, 1.82) is 0 Å². The highest BCUT2D eigenvalue weighted by Crippen LogP contribution is 2.42. The smallest absolute Gasteiger partial charge is 0.258 e. The van der Waals surface area contributed by atoms with Crippen molar-refractivity contribution in [2.75, 3.05) is 0 Å². The van der Waals surface area contributed by atoms with Crippen LogP contribution in [0.5, 0.6) is 0 Å². The lowest BCUT2D eigenvalue weighted by molar-refractivity contribution is 0.669. The second-order valence-electron chi connectivity index (χ2n) is 7.15. The Hall–Kier alpha value is -2.86. The van der Waals surface area contributed by atoms with Gasteiger partial charge in [-0.05, 0) is 37.0 Å². The summed E-state index contributed by atoms with van der Waals surface area (Å²) in [6.07, 6.45) is 6.11.